The van der Waals surface area contributed by atoms with Gasteiger partial charge in [0.25, 0.3) is 0 Å². The van der Waals surface area contributed by atoms with E-state index in [0.717, 1.165) is 5.82 Å². The van der Waals surface area contributed by atoms with Gasteiger partial charge in [0, 0.05) is 8.24 Å². The quantitative estimate of drug-likeness (QED) is 0.608. The molecule has 1 heterocycles. The Balaban J connectivity index is 0.00000144. The fourth-order valence-corrected chi connectivity index (χ4v) is 1.73. The van der Waals surface area contributed by atoms with Crippen molar-refractivity contribution < 1.29 is 18.9 Å². The zero-order valence-corrected chi connectivity index (χ0v) is 10.1. The molecule has 0 fully saturated rings. The molecule has 0 N–H and O–H groups in total. The molecule has 0 aliphatic carbocycles. The standard InChI is InChI=1S/C9H15N2Si.Li/c1-8-5-6-10-9(7-8)11-12(2,3)4;/h5-7H,1-4H3;/q-1;+1. The van der Waals surface area contributed by atoms with Gasteiger partial charge >= 0.3 is 18.9 Å². The van der Waals surface area contributed by atoms with E-state index in [1.807, 2.05) is 18.3 Å². The molecule has 0 bridgehead atoms. The number of aromatic nitrogens is 1. The third kappa shape index (κ3) is 5.15. The first-order valence-electron chi connectivity index (χ1n) is 4.13. The third-order valence-corrected chi connectivity index (χ3v) is 2.25. The molecule has 0 saturated heterocycles. The van der Waals surface area contributed by atoms with E-state index in [1.54, 1.807) is 0 Å². The predicted octanol–water partition coefficient (Wildman–Crippen LogP) is 0.234. The average molecular weight is 186 g/mol. The van der Waals surface area contributed by atoms with Crippen molar-refractivity contribution in [2.75, 3.05) is 0 Å². The van der Waals surface area contributed by atoms with Crippen LogP contribution in [0.1, 0.15) is 5.56 Å². The van der Waals surface area contributed by atoms with E-state index in [1.165, 1.54) is 5.56 Å². The van der Waals surface area contributed by atoms with Crippen LogP contribution in [0, 0.1) is 6.92 Å². The Bertz CT molecular complexity index is 271. The maximum Gasteiger partial charge on any atom is 1.00 e. The van der Waals surface area contributed by atoms with E-state index in [9.17, 15) is 0 Å². The van der Waals surface area contributed by atoms with Gasteiger partial charge < -0.3 is 9.97 Å². The third-order valence-electron chi connectivity index (χ3n) is 1.35. The first-order chi connectivity index (χ1) is 5.47. The molecule has 0 unspecified atom stereocenters. The fraction of sp³-hybridized carbons (Fsp3) is 0.444. The summed E-state index contributed by atoms with van der Waals surface area (Å²) >= 11 is 0. The largest absolute Gasteiger partial charge is 1.00 e. The normalized spacial score (nSPS) is 10.5. The van der Waals surface area contributed by atoms with E-state index in [2.05, 4.69) is 36.5 Å². The molecule has 4 heteroatoms. The Morgan fingerprint density at radius 2 is 1.92 bits per heavy atom. The van der Waals surface area contributed by atoms with Gasteiger partial charge in [-0.25, -0.2) is 0 Å². The number of pyridine rings is 1. The second-order valence-corrected chi connectivity index (χ2v) is 8.54. The van der Waals surface area contributed by atoms with E-state index in [-0.39, 0.29) is 18.9 Å². The second-order valence-electron chi connectivity index (χ2n) is 3.97. The van der Waals surface area contributed by atoms with Gasteiger partial charge in [-0.3, -0.25) is 0 Å². The molecular formula is C9H15LiN2Si. The van der Waals surface area contributed by atoms with Gasteiger partial charge in [0.15, 0.2) is 0 Å². The Kier molecular flexibility index (Phi) is 4.76. The van der Waals surface area contributed by atoms with Gasteiger partial charge in [-0.05, 0) is 6.92 Å². The molecule has 0 spiro atoms. The molecule has 0 radical (unpaired) electrons. The smallest absolute Gasteiger partial charge is 0.472 e. The van der Waals surface area contributed by atoms with E-state index < -0.39 is 8.24 Å². The van der Waals surface area contributed by atoms with Crippen LogP contribution in [0.15, 0.2) is 18.3 Å². The number of nitrogens with zero attached hydrogens (tertiary/aromatic N) is 2. The van der Waals surface area contributed by atoms with Crippen molar-refractivity contribution in [2.45, 2.75) is 26.6 Å². The summed E-state index contributed by atoms with van der Waals surface area (Å²) in [6.07, 6.45) is 1.81. The number of hydrogen-bond donors (Lipinski definition) is 0. The maximum atomic E-state index is 4.58. The van der Waals surface area contributed by atoms with Crippen molar-refractivity contribution >= 4 is 14.1 Å². The van der Waals surface area contributed by atoms with Gasteiger partial charge in [-0.2, -0.15) is 0 Å². The van der Waals surface area contributed by atoms with E-state index in [0.29, 0.717) is 0 Å². The van der Waals surface area contributed by atoms with Gasteiger partial charge in [-0.1, -0.05) is 49.4 Å². The first-order valence-corrected chi connectivity index (χ1v) is 7.58. The minimum atomic E-state index is -1.36. The Labute approximate surface area is 93.4 Å². The molecule has 0 aliphatic heterocycles. The summed E-state index contributed by atoms with van der Waals surface area (Å²) < 4.78 is 0. The van der Waals surface area contributed by atoms with Crippen LogP contribution in [-0.2, 0) is 0 Å². The molecule has 1 rings (SSSR count). The zero-order valence-electron chi connectivity index (χ0n) is 9.13. The molecule has 0 atom stereocenters. The number of aryl methyl sites for hydroxylation is 1. The number of hydrogen-bond acceptors (Lipinski definition) is 1. The summed E-state index contributed by atoms with van der Waals surface area (Å²) in [4.78, 5) is 8.77. The van der Waals surface area contributed by atoms with Crippen molar-refractivity contribution in [3.05, 3.63) is 28.9 Å². The Hall–Kier alpha value is -0.236. The molecule has 66 valence electrons. The van der Waals surface area contributed by atoms with Gasteiger partial charge in [0.1, 0.15) is 0 Å². The van der Waals surface area contributed by atoms with Gasteiger partial charge in [0.05, 0.1) is 0 Å². The molecule has 0 aromatic carbocycles. The molecular weight excluding hydrogens is 171 g/mol. The minimum absolute atomic E-state index is 0. The maximum absolute atomic E-state index is 4.58. The van der Waals surface area contributed by atoms with Gasteiger partial charge in [0.2, 0.25) is 0 Å². The molecule has 2 nitrogen and oxygen atoms in total. The van der Waals surface area contributed by atoms with Crippen molar-refractivity contribution in [3.8, 4) is 0 Å². The summed E-state index contributed by atoms with van der Waals surface area (Å²) in [5.41, 5.74) is 1.22. The van der Waals surface area contributed by atoms with Crippen molar-refractivity contribution in [2.24, 2.45) is 0 Å². The predicted molar refractivity (Wildman–Crippen MR) is 55.3 cm³/mol. The fourth-order valence-electron chi connectivity index (χ4n) is 0.925. The second kappa shape index (κ2) is 4.85. The molecule has 13 heavy (non-hydrogen) atoms. The summed E-state index contributed by atoms with van der Waals surface area (Å²) in [6.45, 7) is 8.68. The summed E-state index contributed by atoms with van der Waals surface area (Å²) in [6, 6.07) is 4.02. The first kappa shape index (κ1) is 12.8. The average Bonchev–Trinajstić information content (AvgIpc) is 1.82. The van der Waals surface area contributed by atoms with Crippen LogP contribution >= 0.6 is 0 Å². The SMILES string of the molecule is Cc1ccnc([N-][Si](C)(C)C)c1.[Li+]. The summed E-state index contributed by atoms with van der Waals surface area (Å²) in [5, 5.41) is 0. The Morgan fingerprint density at radius 1 is 1.31 bits per heavy atom. The van der Waals surface area contributed by atoms with E-state index in [4.69, 9.17) is 0 Å². The van der Waals surface area contributed by atoms with Crippen LogP contribution in [-0.4, -0.2) is 13.2 Å². The summed E-state index contributed by atoms with van der Waals surface area (Å²) in [5.74, 6) is 0.883. The minimum Gasteiger partial charge on any atom is -0.472 e. The van der Waals surface area contributed by atoms with Crippen LogP contribution in [0.25, 0.3) is 4.98 Å². The van der Waals surface area contributed by atoms with Crippen LogP contribution in [0.2, 0.25) is 19.6 Å². The van der Waals surface area contributed by atoms with Crippen LogP contribution in [0.3, 0.4) is 0 Å². The summed E-state index contributed by atoms with van der Waals surface area (Å²) in [7, 11) is -1.36. The monoisotopic (exact) mass is 186 g/mol. The Morgan fingerprint density at radius 3 is 2.38 bits per heavy atom. The van der Waals surface area contributed by atoms with Crippen LogP contribution < -0.4 is 18.9 Å². The van der Waals surface area contributed by atoms with Crippen molar-refractivity contribution in [1.29, 1.82) is 0 Å². The van der Waals surface area contributed by atoms with Crippen LogP contribution in [0.5, 0.6) is 0 Å². The topological polar surface area (TPSA) is 27.0 Å². The van der Waals surface area contributed by atoms with Gasteiger partial charge in [-0.15, -0.1) is 0 Å². The van der Waals surface area contributed by atoms with Crippen molar-refractivity contribution in [1.82, 2.24) is 4.98 Å². The van der Waals surface area contributed by atoms with Crippen LogP contribution in [0.4, 0.5) is 5.82 Å². The number of rotatable bonds is 2. The molecule has 1 aromatic heterocycles. The molecule has 0 amide bonds. The zero-order chi connectivity index (χ0) is 9.19. The van der Waals surface area contributed by atoms with Crippen molar-refractivity contribution in [3.63, 3.8) is 0 Å². The molecule has 0 saturated carbocycles. The molecule has 0 aliphatic rings. The molecule has 1 aromatic rings. The van der Waals surface area contributed by atoms with E-state index >= 15 is 0 Å².